The molecule has 9 heteroatoms. The summed E-state index contributed by atoms with van der Waals surface area (Å²) in [5.41, 5.74) is 2.77. The molecule has 3 aromatic rings. The van der Waals surface area contributed by atoms with Gasteiger partial charge in [0.25, 0.3) is 0 Å². The van der Waals surface area contributed by atoms with Crippen molar-refractivity contribution in [2.24, 2.45) is 22.7 Å². The van der Waals surface area contributed by atoms with Gasteiger partial charge in [-0.05, 0) is 77.0 Å². The third kappa shape index (κ3) is 9.41. The fourth-order valence-electron chi connectivity index (χ4n) is 7.68. The predicted molar refractivity (Wildman–Crippen MR) is 191 cm³/mol. The summed E-state index contributed by atoms with van der Waals surface area (Å²) in [5.74, 6) is 1.47. The van der Waals surface area contributed by atoms with Crippen LogP contribution in [0.4, 0.5) is 4.79 Å². The first-order valence-corrected chi connectivity index (χ1v) is 17.6. The lowest BCUT2D eigenvalue weighted by molar-refractivity contribution is -0.179. The second kappa shape index (κ2) is 16.5. The molecule has 1 unspecified atom stereocenters. The lowest BCUT2D eigenvalue weighted by Crippen LogP contribution is -2.71. The van der Waals surface area contributed by atoms with Gasteiger partial charge >= 0.3 is 6.16 Å². The van der Waals surface area contributed by atoms with Crippen molar-refractivity contribution in [1.82, 2.24) is 4.90 Å². The molecule has 1 fully saturated rings. The van der Waals surface area contributed by atoms with E-state index >= 15 is 0 Å². The zero-order valence-electron chi connectivity index (χ0n) is 29.9. The molecular weight excluding hydrogens is 623 g/mol. The van der Waals surface area contributed by atoms with Crippen LogP contribution in [0.15, 0.2) is 78.9 Å². The highest BCUT2D eigenvalue weighted by atomic mass is 28.2. The Labute approximate surface area is 289 Å². The number of nitrogens with zero attached hydrogens (tertiary/aromatic N) is 1. The van der Waals surface area contributed by atoms with Gasteiger partial charge in [0.05, 0.1) is 26.7 Å². The summed E-state index contributed by atoms with van der Waals surface area (Å²) in [6, 6.07) is 25.5. The largest absolute Gasteiger partial charge is 0.508 e. The van der Waals surface area contributed by atoms with Crippen LogP contribution in [-0.4, -0.2) is 67.0 Å². The molecule has 3 aromatic carbocycles. The van der Waals surface area contributed by atoms with E-state index in [9.17, 15) is 9.59 Å². The summed E-state index contributed by atoms with van der Waals surface area (Å²) in [5, 5.41) is 0. The van der Waals surface area contributed by atoms with Crippen LogP contribution in [0.25, 0.3) is 0 Å². The van der Waals surface area contributed by atoms with E-state index in [1.165, 1.54) is 0 Å². The average molecular weight is 676 g/mol. The van der Waals surface area contributed by atoms with Crippen LogP contribution in [0.2, 0.25) is 0 Å². The number of likely N-dealkylation sites (tertiary alicyclic amines) is 1. The molecule has 0 saturated carbocycles. The quantitative estimate of drug-likeness (QED) is 0.0986. The van der Waals surface area contributed by atoms with Crippen LogP contribution in [0.5, 0.6) is 11.5 Å². The number of β-lactam (4-membered cyclic amide) rings is 1. The second-order valence-electron chi connectivity index (χ2n) is 14.5. The average Bonchev–Trinajstić information content (AvgIpc) is 3.06. The van der Waals surface area contributed by atoms with E-state index in [0.29, 0.717) is 36.4 Å². The van der Waals surface area contributed by atoms with Crippen molar-refractivity contribution in [3.63, 3.8) is 0 Å². The van der Waals surface area contributed by atoms with E-state index in [0.717, 1.165) is 28.2 Å². The zero-order chi connectivity index (χ0) is 34.9. The first-order valence-electron chi connectivity index (χ1n) is 16.8. The van der Waals surface area contributed by atoms with Gasteiger partial charge < -0.3 is 28.3 Å². The number of benzene rings is 3. The summed E-state index contributed by atoms with van der Waals surface area (Å²) >= 11 is 0. The van der Waals surface area contributed by atoms with Crippen molar-refractivity contribution in [1.29, 1.82) is 0 Å². The third-order valence-corrected chi connectivity index (χ3v) is 9.73. The molecule has 0 aliphatic carbocycles. The van der Waals surface area contributed by atoms with Crippen molar-refractivity contribution in [2.75, 3.05) is 27.4 Å². The Morgan fingerprint density at radius 1 is 0.792 bits per heavy atom. The third-order valence-electron chi connectivity index (χ3n) is 9.44. The lowest BCUT2D eigenvalue weighted by atomic mass is 9.57. The molecule has 4 rings (SSSR count). The van der Waals surface area contributed by atoms with Gasteiger partial charge in [0.2, 0.25) is 5.91 Å². The van der Waals surface area contributed by atoms with Crippen LogP contribution in [0.1, 0.15) is 57.7 Å². The molecule has 1 amide bonds. The molecule has 260 valence electrons. The Hall–Kier alpha value is -3.82. The van der Waals surface area contributed by atoms with E-state index in [4.69, 9.17) is 23.4 Å². The smallest absolute Gasteiger partial charge is 0.497 e. The predicted octanol–water partition coefficient (Wildman–Crippen LogP) is 6.41. The Bertz CT molecular complexity index is 1400. The number of carbonyl (C=O) groups excluding carboxylic acids is 2. The number of carbonyl (C=O) groups is 2. The fraction of sp³-hybridized carbons (Fsp3) is 0.487. The molecule has 0 radical (unpaired) electrons. The number of hydrogen-bond acceptors (Lipinski definition) is 7. The first kappa shape index (κ1) is 37.0. The van der Waals surface area contributed by atoms with E-state index in [-0.39, 0.29) is 53.9 Å². The van der Waals surface area contributed by atoms with Crippen LogP contribution < -0.4 is 9.47 Å². The topological polar surface area (TPSA) is 83.5 Å². The molecule has 0 aromatic heterocycles. The summed E-state index contributed by atoms with van der Waals surface area (Å²) in [6.07, 6.45) is 1.06. The monoisotopic (exact) mass is 675 g/mol. The Balaban J connectivity index is 1.63. The van der Waals surface area contributed by atoms with Gasteiger partial charge in [-0.15, -0.1) is 0 Å². The molecule has 48 heavy (non-hydrogen) atoms. The summed E-state index contributed by atoms with van der Waals surface area (Å²) in [7, 11) is 3.96. The van der Waals surface area contributed by atoms with Crippen molar-refractivity contribution < 1.29 is 33.0 Å². The van der Waals surface area contributed by atoms with Gasteiger partial charge in [-0.25, -0.2) is 4.79 Å². The molecule has 1 aliphatic rings. The number of ether oxygens (including phenoxy) is 4. The minimum absolute atomic E-state index is 0.0881. The number of rotatable bonds is 16. The normalized spacial score (nSPS) is 17.2. The highest BCUT2D eigenvalue weighted by Gasteiger charge is 2.58. The number of amides is 1. The van der Waals surface area contributed by atoms with Crippen molar-refractivity contribution in [3.8, 4) is 11.5 Å². The van der Waals surface area contributed by atoms with Gasteiger partial charge in [-0.2, -0.15) is 0 Å². The van der Waals surface area contributed by atoms with Crippen LogP contribution in [0.3, 0.4) is 0 Å². The fourth-order valence-corrected chi connectivity index (χ4v) is 8.42. The second-order valence-corrected chi connectivity index (χ2v) is 15.1. The van der Waals surface area contributed by atoms with Gasteiger partial charge in [-0.3, -0.25) is 4.79 Å². The Morgan fingerprint density at radius 2 is 1.33 bits per heavy atom. The molecule has 8 nitrogen and oxygen atoms in total. The first-order chi connectivity index (χ1) is 22.9. The number of hydrogen-bond donors (Lipinski definition) is 0. The molecule has 0 bridgehead atoms. The van der Waals surface area contributed by atoms with Gasteiger partial charge in [0, 0.05) is 18.7 Å². The zero-order valence-corrected chi connectivity index (χ0v) is 31.9. The van der Waals surface area contributed by atoms with Crippen molar-refractivity contribution >= 4 is 22.5 Å². The van der Waals surface area contributed by atoms with E-state index in [2.05, 4.69) is 63.8 Å². The van der Waals surface area contributed by atoms with Crippen LogP contribution >= 0.6 is 0 Å². The molecule has 1 heterocycles. The molecule has 3 atom stereocenters. The van der Waals surface area contributed by atoms with Crippen LogP contribution in [-0.2, 0) is 38.1 Å². The molecule has 0 spiro atoms. The van der Waals surface area contributed by atoms with E-state index in [1.54, 1.807) is 14.2 Å². The summed E-state index contributed by atoms with van der Waals surface area (Å²) in [6.45, 7) is 12.1. The van der Waals surface area contributed by atoms with Gasteiger partial charge in [-0.1, -0.05) is 89.2 Å². The SMILES string of the molecule is COc1ccc(CC(Cc2ccc(OC)cc2)N2C(=O)[C@@H](CCOC(=O)OCc3ccccc3)[C@H]2C(C(C)(C)C)C(C)(C)CO[SiH3])cc1. The molecule has 1 aliphatic heterocycles. The Morgan fingerprint density at radius 3 is 1.81 bits per heavy atom. The molecular formula is C39H53NO7Si. The van der Waals surface area contributed by atoms with Gasteiger partial charge in [0.15, 0.2) is 0 Å². The van der Waals surface area contributed by atoms with Crippen molar-refractivity contribution in [2.45, 2.75) is 72.6 Å². The van der Waals surface area contributed by atoms with E-state index in [1.807, 2.05) is 54.6 Å². The minimum atomic E-state index is -0.729. The maximum absolute atomic E-state index is 14.4. The van der Waals surface area contributed by atoms with E-state index < -0.39 is 6.16 Å². The molecule has 0 N–H and O–H groups in total. The van der Waals surface area contributed by atoms with Gasteiger partial charge in [0.1, 0.15) is 28.6 Å². The maximum atomic E-state index is 14.4. The summed E-state index contributed by atoms with van der Waals surface area (Å²) < 4.78 is 27.6. The maximum Gasteiger partial charge on any atom is 0.508 e. The minimum Gasteiger partial charge on any atom is -0.497 e. The Kier molecular flexibility index (Phi) is 12.7. The number of methoxy groups -OCH3 is 2. The highest BCUT2D eigenvalue weighted by molar-refractivity contribution is 5.98. The van der Waals surface area contributed by atoms with Crippen LogP contribution in [0, 0.1) is 22.7 Å². The lowest BCUT2D eigenvalue weighted by Gasteiger charge is -2.60. The summed E-state index contributed by atoms with van der Waals surface area (Å²) in [4.78, 5) is 29.0. The van der Waals surface area contributed by atoms with Crippen molar-refractivity contribution in [3.05, 3.63) is 95.6 Å². The highest BCUT2D eigenvalue weighted by Crippen LogP contribution is 2.51. The standard InChI is InChI=1S/C39H53NO7Si/c1-38(2,3)35(39(4,5)26-47-48)34-33(21-22-45-37(42)46-25-29-11-9-8-10-12-29)36(41)40(34)30(23-27-13-17-31(43-6)18-14-27)24-28-15-19-32(44-7)20-16-28/h8-20,30,33-35H,21-26H2,1-7,48H3/t33-,34-,35?/m0/s1. The molecule has 1 saturated heterocycles.